The number of benzene rings is 1. The Balaban J connectivity index is 1.10. The van der Waals surface area contributed by atoms with Crippen molar-refractivity contribution in [3.63, 3.8) is 0 Å². The fourth-order valence-electron chi connectivity index (χ4n) is 8.05. The van der Waals surface area contributed by atoms with Crippen LogP contribution in [0.2, 0.25) is 0 Å². The summed E-state index contributed by atoms with van der Waals surface area (Å²) in [5.74, 6) is -0.174. The number of hydrogen-bond donors (Lipinski definition) is 0. The molecule has 1 aliphatic heterocycles. The number of Topliss-reactive ketones (excluding diaryl/α,β-unsaturated/α-hetero) is 1. The van der Waals surface area contributed by atoms with Gasteiger partial charge < -0.3 is 14.4 Å². The van der Waals surface area contributed by atoms with E-state index in [1.165, 1.54) is 36.8 Å². The Hall–Kier alpha value is -4.08. The van der Waals surface area contributed by atoms with Gasteiger partial charge in [0.2, 0.25) is 0 Å². The van der Waals surface area contributed by atoms with Gasteiger partial charge in [0.25, 0.3) is 11.7 Å². The number of carbonyl (C=O) groups excluding carboxylic acids is 4. The Kier molecular flexibility index (Phi) is 9.41. The molecule has 5 rings (SSSR count). The summed E-state index contributed by atoms with van der Waals surface area (Å²) < 4.78 is 12.2. The summed E-state index contributed by atoms with van der Waals surface area (Å²) in [7, 11) is 1.51. The second kappa shape index (κ2) is 13.1. The van der Waals surface area contributed by atoms with Gasteiger partial charge in [0, 0.05) is 13.1 Å². The van der Waals surface area contributed by atoms with Gasteiger partial charge in [-0.3, -0.25) is 23.9 Å². The van der Waals surface area contributed by atoms with E-state index in [1.807, 2.05) is 6.08 Å². The summed E-state index contributed by atoms with van der Waals surface area (Å²) in [5, 5.41) is 8.16. The van der Waals surface area contributed by atoms with Crippen LogP contribution in [-0.2, 0) is 32.3 Å². The van der Waals surface area contributed by atoms with Gasteiger partial charge in [-0.2, -0.15) is 0 Å². The molecule has 3 aliphatic rings. The third-order valence-corrected chi connectivity index (χ3v) is 10.3. The predicted molar refractivity (Wildman–Crippen MR) is 169 cm³/mol. The third kappa shape index (κ3) is 6.65. The average molecular weight is 617 g/mol. The molecule has 1 aromatic carbocycles. The van der Waals surface area contributed by atoms with Crippen molar-refractivity contribution in [2.75, 3.05) is 18.6 Å². The number of carbonyl (C=O) groups is 4. The van der Waals surface area contributed by atoms with Crippen LogP contribution in [0.25, 0.3) is 0 Å². The molecule has 2 fully saturated rings. The molecule has 10 heteroatoms. The van der Waals surface area contributed by atoms with Crippen molar-refractivity contribution in [2.45, 2.75) is 85.3 Å². The van der Waals surface area contributed by atoms with E-state index in [0.717, 1.165) is 19.1 Å². The minimum absolute atomic E-state index is 0.0619. The van der Waals surface area contributed by atoms with E-state index < -0.39 is 17.7 Å². The summed E-state index contributed by atoms with van der Waals surface area (Å²) in [6, 6.07) is 5.01. The highest BCUT2D eigenvalue weighted by Crippen LogP contribution is 2.61. The number of allylic oxidation sites excluding steroid dienone is 2. The summed E-state index contributed by atoms with van der Waals surface area (Å²) in [6.45, 7) is 12.3. The molecule has 0 unspecified atom stereocenters. The first-order valence-electron chi connectivity index (χ1n) is 15.9. The van der Waals surface area contributed by atoms with Crippen LogP contribution in [0.15, 0.2) is 48.2 Å². The fraction of sp³-hybridized carbons (Fsp3) is 0.543. The van der Waals surface area contributed by atoms with E-state index in [1.54, 1.807) is 29.1 Å². The number of hydrogen-bond acceptors (Lipinski definition) is 8. The quantitative estimate of drug-likeness (QED) is 0.0986. The number of nitrogens with zero attached hydrogens (tertiary/aromatic N) is 4. The molecular weight excluding hydrogens is 572 g/mol. The number of anilines is 1. The molecule has 45 heavy (non-hydrogen) atoms. The number of ether oxygens (including phenoxy) is 2. The monoisotopic (exact) mass is 616 g/mol. The molecule has 2 aromatic rings. The molecule has 2 saturated carbocycles. The number of rotatable bonds is 12. The summed E-state index contributed by atoms with van der Waals surface area (Å²) in [5.41, 5.74) is 3.50. The Labute approximate surface area is 264 Å². The second-order valence-electron chi connectivity index (χ2n) is 13.6. The topological polar surface area (TPSA) is 121 Å². The highest BCUT2D eigenvalue weighted by molar-refractivity contribution is 6.52. The van der Waals surface area contributed by atoms with Crippen molar-refractivity contribution in [1.29, 1.82) is 0 Å². The van der Waals surface area contributed by atoms with Crippen molar-refractivity contribution in [1.82, 2.24) is 15.0 Å². The summed E-state index contributed by atoms with van der Waals surface area (Å²) in [4.78, 5) is 50.9. The highest BCUT2D eigenvalue weighted by Gasteiger charge is 2.52. The van der Waals surface area contributed by atoms with Gasteiger partial charge in [-0.1, -0.05) is 50.6 Å². The Bertz CT molecular complexity index is 1520. The highest BCUT2D eigenvalue weighted by atomic mass is 16.5. The minimum Gasteiger partial charge on any atom is -0.497 e. The van der Waals surface area contributed by atoms with E-state index in [-0.39, 0.29) is 18.4 Å². The lowest BCUT2D eigenvalue weighted by Crippen LogP contribution is -2.49. The number of fused-ring (bicyclic) bond motifs is 2. The molecule has 3 atom stereocenters. The van der Waals surface area contributed by atoms with Crippen molar-refractivity contribution >= 4 is 29.6 Å². The molecule has 1 aromatic heterocycles. The molecule has 2 heterocycles. The lowest BCUT2D eigenvalue weighted by Gasteiger charge is -2.58. The van der Waals surface area contributed by atoms with E-state index in [9.17, 15) is 19.2 Å². The largest absolute Gasteiger partial charge is 0.497 e. The van der Waals surface area contributed by atoms with E-state index in [4.69, 9.17) is 9.47 Å². The van der Waals surface area contributed by atoms with Crippen molar-refractivity contribution < 1.29 is 28.7 Å². The zero-order chi connectivity index (χ0) is 32.4. The zero-order valence-electron chi connectivity index (χ0n) is 26.8. The first-order chi connectivity index (χ1) is 21.5. The van der Waals surface area contributed by atoms with E-state index in [0.29, 0.717) is 71.4 Å². The second-order valence-corrected chi connectivity index (χ2v) is 13.6. The van der Waals surface area contributed by atoms with Crippen LogP contribution >= 0.6 is 0 Å². The number of aromatic nitrogens is 3. The van der Waals surface area contributed by atoms with Crippen LogP contribution in [0.1, 0.15) is 88.2 Å². The third-order valence-electron chi connectivity index (χ3n) is 10.3. The Morgan fingerprint density at radius 2 is 1.98 bits per heavy atom. The van der Waals surface area contributed by atoms with Crippen LogP contribution in [0, 0.1) is 22.7 Å². The first kappa shape index (κ1) is 32.3. The lowest BCUT2D eigenvalue weighted by atomic mass is 9.47. The minimum atomic E-state index is -0.562. The first-order valence-corrected chi connectivity index (χ1v) is 15.9. The van der Waals surface area contributed by atoms with Gasteiger partial charge in [0.05, 0.1) is 31.0 Å². The molecule has 0 bridgehead atoms. The number of aldehydes is 1. The summed E-state index contributed by atoms with van der Waals surface area (Å²) >= 11 is 0. The lowest BCUT2D eigenvalue weighted by molar-refractivity contribution is -0.144. The van der Waals surface area contributed by atoms with Crippen LogP contribution in [0.3, 0.4) is 0 Å². The molecule has 10 nitrogen and oxygen atoms in total. The van der Waals surface area contributed by atoms with Crippen molar-refractivity contribution in [2.24, 2.45) is 22.7 Å². The molecule has 0 saturated heterocycles. The number of ketones is 1. The molecule has 240 valence electrons. The normalized spacial score (nSPS) is 24.3. The van der Waals surface area contributed by atoms with Gasteiger partial charge in [-0.25, -0.2) is 0 Å². The SMILES string of the molecule is C=C1CC[C@H]2C(C)(C)CCC[C@]2(C)[C@H]1C/C=C(/C=O)CC(=O)OCc1cn(CCCN2C(=O)C(=O)c3cc(OC)ccc32)nn1. The molecule has 1 amide bonds. The van der Waals surface area contributed by atoms with E-state index in [2.05, 4.69) is 37.7 Å². The van der Waals surface area contributed by atoms with Crippen molar-refractivity contribution in [3.05, 3.63) is 59.5 Å². The standard InChI is InChI=1S/C35H44N4O6/c1-23-8-13-30-34(2,3)14-6-15-35(30,4)28(23)11-9-24(21-40)18-31(41)45-22-25-20-38(37-36-25)16-7-17-39-29-12-10-26(44-5)19-27(29)32(42)33(39)43/h9-10,12,19-21,28,30H,1,6-8,11,13-18,22H2,2-5H3/b24-9+/t28-,30-,35+/m0/s1. The van der Waals surface area contributed by atoms with Gasteiger partial charge in [0.1, 0.15) is 24.3 Å². The Morgan fingerprint density at radius 3 is 2.73 bits per heavy atom. The molecule has 0 N–H and O–H groups in total. The number of methoxy groups -OCH3 is 1. The van der Waals surface area contributed by atoms with Crippen LogP contribution in [0.4, 0.5) is 5.69 Å². The average Bonchev–Trinajstić information content (AvgIpc) is 3.56. The number of aryl methyl sites for hydroxylation is 1. The molecule has 2 aliphatic carbocycles. The van der Waals surface area contributed by atoms with Gasteiger partial charge in [-0.15, -0.1) is 5.10 Å². The van der Waals surface area contributed by atoms with Gasteiger partial charge in [-0.05, 0) is 85.0 Å². The maximum absolute atomic E-state index is 12.6. The van der Waals surface area contributed by atoms with Crippen LogP contribution in [0.5, 0.6) is 5.75 Å². The van der Waals surface area contributed by atoms with Crippen LogP contribution < -0.4 is 9.64 Å². The zero-order valence-corrected chi connectivity index (χ0v) is 26.8. The number of esters is 1. The Morgan fingerprint density at radius 1 is 1.18 bits per heavy atom. The van der Waals surface area contributed by atoms with Gasteiger partial charge in [0.15, 0.2) is 0 Å². The molecular formula is C35H44N4O6. The van der Waals surface area contributed by atoms with Crippen molar-refractivity contribution in [3.8, 4) is 5.75 Å². The summed E-state index contributed by atoms with van der Waals surface area (Å²) in [6.07, 6.45) is 11.3. The smallest absolute Gasteiger partial charge is 0.310 e. The van der Waals surface area contributed by atoms with E-state index >= 15 is 0 Å². The number of amides is 1. The predicted octanol–water partition coefficient (Wildman–Crippen LogP) is 5.65. The fourth-order valence-corrected chi connectivity index (χ4v) is 8.05. The van der Waals surface area contributed by atoms with Crippen LogP contribution in [-0.4, -0.2) is 52.6 Å². The molecule has 0 radical (unpaired) electrons. The van der Waals surface area contributed by atoms with Gasteiger partial charge >= 0.3 is 5.97 Å². The molecule has 0 spiro atoms. The maximum Gasteiger partial charge on any atom is 0.310 e. The maximum atomic E-state index is 12.6.